The van der Waals surface area contributed by atoms with Gasteiger partial charge in [-0.25, -0.2) is 4.79 Å². The van der Waals surface area contributed by atoms with Crippen molar-refractivity contribution in [1.82, 2.24) is 15.5 Å². The van der Waals surface area contributed by atoms with Crippen molar-refractivity contribution in [2.45, 2.75) is 13.3 Å². The van der Waals surface area contributed by atoms with E-state index in [9.17, 15) is 4.79 Å². The largest absolute Gasteiger partial charge is 0.453 e. The van der Waals surface area contributed by atoms with Gasteiger partial charge in [0.05, 0.1) is 7.11 Å². The topological polar surface area (TPSA) is 77.2 Å². The predicted molar refractivity (Wildman–Crippen MR) is 43.1 cm³/mol. The van der Waals surface area contributed by atoms with Crippen molar-refractivity contribution in [2.75, 3.05) is 13.7 Å². The van der Waals surface area contributed by atoms with Crippen LogP contribution in [0.4, 0.5) is 4.79 Å². The van der Waals surface area contributed by atoms with Crippen LogP contribution in [0.1, 0.15) is 11.8 Å². The first-order valence-electron chi connectivity index (χ1n) is 3.83. The second-order valence-electron chi connectivity index (χ2n) is 2.38. The number of aromatic nitrogens is 2. The molecule has 0 aliphatic heterocycles. The van der Waals surface area contributed by atoms with Crippen molar-refractivity contribution in [3.05, 3.63) is 11.8 Å². The van der Waals surface area contributed by atoms with Crippen LogP contribution in [0.5, 0.6) is 0 Å². The van der Waals surface area contributed by atoms with Gasteiger partial charge in [-0.2, -0.15) is 0 Å². The van der Waals surface area contributed by atoms with E-state index in [4.69, 9.17) is 4.42 Å². The van der Waals surface area contributed by atoms with Crippen LogP contribution >= 0.6 is 0 Å². The normalized spacial score (nSPS) is 9.69. The molecule has 0 bridgehead atoms. The maximum absolute atomic E-state index is 10.6. The van der Waals surface area contributed by atoms with Gasteiger partial charge in [0.2, 0.25) is 11.8 Å². The van der Waals surface area contributed by atoms with Crippen LogP contribution in [0, 0.1) is 6.92 Å². The number of hydrogen-bond donors (Lipinski definition) is 1. The summed E-state index contributed by atoms with van der Waals surface area (Å²) in [5.41, 5.74) is 0. The fourth-order valence-corrected chi connectivity index (χ4v) is 0.782. The van der Waals surface area contributed by atoms with E-state index in [1.54, 1.807) is 6.92 Å². The number of hydrogen-bond acceptors (Lipinski definition) is 5. The molecule has 6 heteroatoms. The van der Waals surface area contributed by atoms with Crippen LogP contribution in [-0.4, -0.2) is 29.9 Å². The van der Waals surface area contributed by atoms with Gasteiger partial charge in [-0.05, 0) is 0 Å². The van der Waals surface area contributed by atoms with E-state index in [1.807, 2.05) is 0 Å². The number of carbonyl (C=O) groups is 1. The van der Waals surface area contributed by atoms with Crippen molar-refractivity contribution < 1.29 is 13.9 Å². The Morgan fingerprint density at radius 1 is 1.62 bits per heavy atom. The van der Waals surface area contributed by atoms with Crippen LogP contribution in [0.3, 0.4) is 0 Å². The van der Waals surface area contributed by atoms with Gasteiger partial charge >= 0.3 is 6.09 Å². The minimum Gasteiger partial charge on any atom is -0.453 e. The van der Waals surface area contributed by atoms with E-state index in [0.29, 0.717) is 24.7 Å². The molecule has 0 aliphatic rings. The first-order valence-corrected chi connectivity index (χ1v) is 3.83. The molecule has 6 nitrogen and oxygen atoms in total. The molecular formula is C7H11N3O3. The highest BCUT2D eigenvalue weighted by Gasteiger charge is 2.03. The van der Waals surface area contributed by atoms with Crippen LogP contribution in [-0.2, 0) is 11.2 Å². The lowest BCUT2D eigenvalue weighted by molar-refractivity contribution is 0.171. The molecule has 0 spiro atoms. The molecule has 0 fully saturated rings. The highest BCUT2D eigenvalue weighted by molar-refractivity contribution is 5.66. The van der Waals surface area contributed by atoms with Crippen LogP contribution in [0.25, 0.3) is 0 Å². The highest BCUT2D eigenvalue weighted by atomic mass is 16.5. The van der Waals surface area contributed by atoms with E-state index < -0.39 is 6.09 Å². The van der Waals surface area contributed by atoms with E-state index in [0.717, 1.165) is 0 Å². The Kier molecular flexibility index (Phi) is 3.24. The molecule has 72 valence electrons. The summed E-state index contributed by atoms with van der Waals surface area (Å²) in [4.78, 5) is 10.6. The van der Waals surface area contributed by atoms with Gasteiger partial charge in [0, 0.05) is 19.9 Å². The van der Waals surface area contributed by atoms with Gasteiger partial charge in [0.1, 0.15) is 0 Å². The molecule has 1 heterocycles. The molecule has 0 saturated carbocycles. The number of nitrogens with zero attached hydrogens (tertiary/aromatic N) is 2. The van der Waals surface area contributed by atoms with Crippen LogP contribution < -0.4 is 5.32 Å². The standard InChI is InChI=1S/C7H11N3O3/c1-5-9-10-6(13-5)3-4-8-7(11)12-2/h3-4H2,1-2H3,(H,8,11). The monoisotopic (exact) mass is 185 g/mol. The lowest BCUT2D eigenvalue weighted by atomic mass is 10.4. The maximum Gasteiger partial charge on any atom is 0.406 e. The molecule has 1 amide bonds. The number of ether oxygens (including phenoxy) is 1. The Morgan fingerprint density at radius 3 is 2.92 bits per heavy atom. The maximum atomic E-state index is 10.6. The SMILES string of the molecule is COC(=O)NCCc1nnc(C)o1. The number of methoxy groups -OCH3 is 1. The minimum absolute atomic E-state index is 0.425. The molecular weight excluding hydrogens is 174 g/mol. The number of aryl methyl sites for hydroxylation is 1. The van der Waals surface area contributed by atoms with Crippen molar-refractivity contribution >= 4 is 6.09 Å². The molecule has 1 N–H and O–H groups in total. The van der Waals surface area contributed by atoms with Gasteiger partial charge in [0.15, 0.2) is 0 Å². The fraction of sp³-hybridized carbons (Fsp3) is 0.571. The van der Waals surface area contributed by atoms with Gasteiger partial charge in [0.25, 0.3) is 0 Å². The Labute approximate surface area is 75.3 Å². The number of rotatable bonds is 3. The summed E-state index contributed by atoms with van der Waals surface area (Å²) in [6, 6.07) is 0. The summed E-state index contributed by atoms with van der Waals surface area (Å²) < 4.78 is 9.46. The zero-order valence-corrected chi connectivity index (χ0v) is 7.53. The zero-order chi connectivity index (χ0) is 9.68. The van der Waals surface area contributed by atoms with Gasteiger partial charge in [-0.1, -0.05) is 0 Å². The predicted octanol–water partition coefficient (Wildman–Crippen LogP) is 0.277. The molecule has 0 radical (unpaired) electrons. The zero-order valence-electron chi connectivity index (χ0n) is 7.53. The smallest absolute Gasteiger partial charge is 0.406 e. The molecule has 0 unspecified atom stereocenters. The lowest BCUT2D eigenvalue weighted by Gasteiger charge is -1.99. The summed E-state index contributed by atoms with van der Waals surface area (Å²) in [6.07, 6.45) is 0.0480. The fourth-order valence-electron chi connectivity index (χ4n) is 0.782. The average molecular weight is 185 g/mol. The summed E-state index contributed by atoms with van der Waals surface area (Å²) in [5, 5.41) is 9.90. The number of amides is 1. The summed E-state index contributed by atoms with van der Waals surface area (Å²) in [7, 11) is 1.31. The number of nitrogens with one attached hydrogen (secondary N) is 1. The summed E-state index contributed by atoms with van der Waals surface area (Å²) in [6.45, 7) is 2.14. The molecule has 1 aromatic rings. The van der Waals surface area contributed by atoms with Crippen LogP contribution in [0.15, 0.2) is 4.42 Å². The quantitative estimate of drug-likeness (QED) is 0.731. The third-order valence-corrected chi connectivity index (χ3v) is 1.36. The van der Waals surface area contributed by atoms with Crippen molar-refractivity contribution in [3.63, 3.8) is 0 Å². The van der Waals surface area contributed by atoms with E-state index >= 15 is 0 Å². The average Bonchev–Trinajstić information content (AvgIpc) is 2.51. The van der Waals surface area contributed by atoms with Crippen molar-refractivity contribution in [1.29, 1.82) is 0 Å². The van der Waals surface area contributed by atoms with Crippen molar-refractivity contribution in [3.8, 4) is 0 Å². The molecule has 1 rings (SSSR count). The summed E-state index contributed by atoms with van der Waals surface area (Å²) >= 11 is 0. The third kappa shape index (κ3) is 3.10. The Balaban J connectivity index is 2.24. The molecule has 0 aliphatic carbocycles. The van der Waals surface area contributed by atoms with E-state index in [1.165, 1.54) is 7.11 Å². The first kappa shape index (κ1) is 9.50. The molecule has 13 heavy (non-hydrogen) atoms. The van der Waals surface area contributed by atoms with E-state index in [-0.39, 0.29) is 0 Å². The van der Waals surface area contributed by atoms with Gasteiger partial charge < -0.3 is 14.5 Å². The third-order valence-electron chi connectivity index (χ3n) is 1.36. The molecule has 0 saturated heterocycles. The van der Waals surface area contributed by atoms with Gasteiger partial charge in [-0.15, -0.1) is 10.2 Å². The second-order valence-corrected chi connectivity index (χ2v) is 2.38. The lowest BCUT2D eigenvalue weighted by Crippen LogP contribution is -2.25. The Morgan fingerprint density at radius 2 is 2.38 bits per heavy atom. The Hall–Kier alpha value is -1.59. The molecule has 0 atom stereocenters. The molecule has 0 aromatic carbocycles. The van der Waals surface area contributed by atoms with Crippen LogP contribution in [0.2, 0.25) is 0 Å². The summed E-state index contributed by atoms with van der Waals surface area (Å²) in [5.74, 6) is 1.03. The number of carbonyl (C=O) groups excluding carboxylic acids is 1. The highest BCUT2D eigenvalue weighted by Crippen LogP contribution is 1.97. The van der Waals surface area contributed by atoms with E-state index in [2.05, 4.69) is 20.3 Å². The first-order chi connectivity index (χ1) is 6.22. The minimum atomic E-state index is -0.462. The van der Waals surface area contributed by atoms with Crippen molar-refractivity contribution in [2.24, 2.45) is 0 Å². The Bertz CT molecular complexity index is 284. The second kappa shape index (κ2) is 4.44. The van der Waals surface area contributed by atoms with Gasteiger partial charge in [-0.3, -0.25) is 0 Å². The number of alkyl carbamates (subject to hydrolysis) is 1. The molecule has 1 aromatic heterocycles.